The maximum Gasteiger partial charge on any atom is 0.451 e. The summed E-state index contributed by atoms with van der Waals surface area (Å²) in [7, 11) is 0. The van der Waals surface area contributed by atoms with Crippen LogP contribution >= 0.6 is 11.3 Å². The summed E-state index contributed by atoms with van der Waals surface area (Å²) >= 11 is 1.63. The fraction of sp³-hybridized carbons (Fsp3) is 0.625. The minimum absolute atomic E-state index is 0.118. The largest absolute Gasteiger partial charge is 0.451 e. The van der Waals surface area contributed by atoms with Gasteiger partial charge in [0, 0.05) is 37.0 Å². The maximum absolute atomic E-state index is 13.3. The third-order valence-electron chi connectivity index (χ3n) is 7.33. The average molecular weight is 537 g/mol. The van der Waals surface area contributed by atoms with Crippen LogP contribution in [-0.2, 0) is 30.5 Å². The summed E-state index contributed by atoms with van der Waals surface area (Å²) in [4.78, 5) is 28.0. The molecule has 0 aromatic carbocycles. The van der Waals surface area contributed by atoms with Gasteiger partial charge in [-0.05, 0) is 37.7 Å². The molecule has 0 radical (unpaired) electrons. The Balaban J connectivity index is 1.50. The molecule has 37 heavy (non-hydrogen) atoms. The molecule has 9 nitrogen and oxygen atoms in total. The molecule has 2 aliphatic heterocycles. The molecule has 3 aromatic rings. The predicted molar refractivity (Wildman–Crippen MR) is 135 cm³/mol. The first kappa shape index (κ1) is 25.7. The number of carbonyl (C=O) groups excluding carboxylic acids is 1. The summed E-state index contributed by atoms with van der Waals surface area (Å²) in [5.74, 6) is 0.249. The second kappa shape index (κ2) is 10.1. The number of amides is 1. The zero-order valence-electron chi connectivity index (χ0n) is 21.0. The molecular weight excluding hydrogens is 505 g/mol. The van der Waals surface area contributed by atoms with Crippen LogP contribution in [0.25, 0.3) is 10.2 Å². The van der Waals surface area contributed by atoms with E-state index in [9.17, 15) is 18.0 Å². The number of aryl methyl sites for hydroxylation is 1. The van der Waals surface area contributed by atoms with Gasteiger partial charge >= 0.3 is 6.18 Å². The first-order valence-corrected chi connectivity index (χ1v) is 13.6. The molecule has 5 rings (SSSR count). The molecule has 0 aliphatic carbocycles. The number of rotatable bonds is 7. The number of carbonyl (C=O) groups is 1. The van der Waals surface area contributed by atoms with E-state index in [1.165, 1.54) is 4.88 Å². The van der Waals surface area contributed by atoms with Crippen molar-refractivity contribution in [1.82, 2.24) is 24.7 Å². The van der Waals surface area contributed by atoms with E-state index < -0.39 is 12.0 Å². The molecule has 13 heteroatoms. The molecule has 5 heterocycles. The standard InChI is InChI=1S/C24H31F3N8OS/c1-3-6-15-11-17-20(33-9-10-35-18(13-33)31-32-22(35)24(25,26)27)29-23(30-21(17)37-15)34-8-5-7-14(12-34)16(4-2)19(28)36/h11,14,16H,3-10,12-13H2,1-2H3,(H2,28,36)/t14-,16?/m0/s1. The molecule has 1 amide bonds. The van der Waals surface area contributed by atoms with Gasteiger partial charge in [-0.1, -0.05) is 20.3 Å². The molecule has 0 spiro atoms. The van der Waals surface area contributed by atoms with Crippen molar-refractivity contribution in [3.63, 3.8) is 0 Å². The molecular formula is C24H31F3N8OS. The van der Waals surface area contributed by atoms with E-state index >= 15 is 0 Å². The predicted octanol–water partition coefficient (Wildman–Crippen LogP) is 4.00. The monoisotopic (exact) mass is 536 g/mol. The Bertz CT molecular complexity index is 1290. The van der Waals surface area contributed by atoms with Crippen LogP contribution in [0.3, 0.4) is 0 Å². The lowest BCUT2D eigenvalue weighted by molar-refractivity contribution is -0.147. The maximum atomic E-state index is 13.3. The van der Waals surface area contributed by atoms with Crippen LogP contribution in [0.15, 0.2) is 6.07 Å². The number of thiophene rings is 1. The number of primary amides is 1. The van der Waals surface area contributed by atoms with Gasteiger partial charge in [0.25, 0.3) is 0 Å². The highest BCUT2D eigenvalue weighted by molar-refractivity contribution is 7.18. The van der Waals surface area contributed by atoms with Crippen molar-refractivity contribution in [2.24, 2.45) is 17.6 Å². The Morgan fingerprint density at radius 3 is 2.70 bits per heavy atom. The van der Waals surface area contributed by atoms with Crippen LogP contribution < -0.4 is 15.5 Å². The minimum Gasteiger partial charge on any atom is -0.369 e. The summed E-state index contributed by atoms with van der Waals surface area (Å²) in [6.45, 7) is 6.16. The van der Waals surface area contributed by atoms with Crippen molar-refractivity contribution in [2.45, 2.75) is 65.2 Å². The zero-order valence-corrected chi connectivity index (χ0v) is 21.8. The van der Waals surface area contributed by atoms with Crippen molar-refractivity contribution >= 4 is 39.2 Å². The number of fused-ring (bicyclic) bond motifs is 2. The van der Waals surface area contributed by atoms with E-state index in [1.807, 2.05) is 11.8 Å². The summed E-state index contributed by atoms with van der Waals surface area (Å²) in [5.41, 5.74) is 5.68. The van der Waals surface area contributed by atoms with Gasteiger partial charge < -0.3 is 20.1 Å². The second-order valence-electron chi connectivity index (χ2n) is 9.80. The topological polar surface area (TPSA) is 106 Å². The number of hydrogen-bond acceptors (Lipinski definition) is 8. The number of nitrogens with two attached hydrogens (primary N) is 1. The SMILES string of the molecule is CCCc1cc2c(N3CCn4c(nnc4C(F)(F)F)C3)nc(N3CCC[C@H](C(CC)C(N)=O)C3)nc2s1. The Morgan fingerprint density at radius 2 is 2.00 bits per heavy atom. The Labute approximate surface area is 216 Å². The highest BCUT2D eigenvalue weighted by Gasteiger charge is 2.40. The average Bonchev–Trinajstić information content (AvgIpc) is 3.47. The molecule has 1 saturated heterocycles. The van der Waals surface area contributed by atoms with Crippen LogP contribution in [0.5, 0.6) is 0 Å². The van der Waals surface area contributed by atoms with E-state index in [0.29, 0.717) is 31.3 Å². The lowest BCUT2D eigenvalue weighted by Crippen LogP contribution is -2.43. The number of anilines is 2. The Hall–Kier alpha value is -2.96. The van der Waals surface area contributed by atoms with Crippen molar-refractivity contribution in [2.75, 3.05) is 29.4 Å². The van der Waals surface area contributed by atoms with E-state index in [1.54, 1.807) is 11.3 Å². The van der Waals surface area contributed by atoms with E-state index in [2.05, 4.69) is 28.1 Å². The highest BCUT2D eigenvalue weighted by atomic mass is 32.1. The summed E-state index contributed by atoms with van der Waals surface area (Å²) < 4.78 is 41.2. The van der Waals surface area contributed by atoms with Crippen molar-refractivity contribution in [1.29, 1.82) is 0 Å². The summed E-state index contributed by atoms with van der Waals surface area (Å²) in [6, 6.07) is 2.10. The molecule has 0 saturated carbocycles. The van der Waals surface area contributed by atoms with Crippen molar-refractivity contribution < 1.29 is 18.0 Å². The molecule has 3 aromatic heterocycles. The van der Waals surface area contributed by atoms with Crippen molar-refractivity contribution in [3.05, 3.63) is 22.6 Å². The van der Waals surface area contributed by atoms with Crippen molar-refractivity contribution in [3.8, 4) is 0 Å². The minimum atomic E-state index is -4.54. The lowest BCUT2D eigenvalue weighted by atomic mass is 9.83. The molecule has 2 atom stereocenters. The van der Waals surface area contributed by atoms with Gasteiger partial charge in [-0.2, -0.15) is 18.2 Å². The van der Waals surface area contributed by atoms with Gasteiger partial charge in [0.05, 0.1) is 11.9 Å². The lowest BCUT2D eigenvalue weighted by Gasteiger charge is -2.36. The first-order valence-electron chi connectivity index (χ1n) is 12.8. The van der Waals surface area contributed by atoms with Gasteiger partial charge in [0.2, 0.25) is 17.7 Å². The number of nitrogens with zero attached hydrogens (tertiary/aromatic N) is 7. The highest BCUT2D eigenvalue weighted by Crippen LogP contribution is 2.37. The third-order valence-corrected chi connectivity index (χ3v) is 8.42. The summed E-state index contributed by atoms with van der Waals surface area (Å²) in [5, 5.41) is 8.15. The van der Waals surface area contributed by atoms with Crippen LogP contribution in [0.4, 0.5) is 24.9 Å². The number of hydrogen-bond donors (Lipinski definition) is 1. The quantitative estimate of drug-likeness (QED) is 0.487. The molecule has 200 valence electrons. The van der Waals surface area contributed by atoms with E-state index in [0.717, 1.165) is 47.0 Å². The molecule has 2 N–H and O–H groups in total. The van der Waals surface area contributed by atoms with E-state index in [-0.39, 0.29) is 36.7 Å². The molecule has 2 aliphatic rings. The number of aromatic nitrogens is 5. The number of halogens is 3. The van der Waals surface area contributed by atoms with Gasteiger partial charge in [-0.15, -0.1) is 21.5 Å². The normalized spacial score (nSPS) is 19.3. The first-order chi connectivity index (χ1) is 17.7. The Kier molecular flexibility index (Phi) is 6.99. The molecule has 1 fully saturated rings. The second-order valence-corrected chi connectivity index (χ2v) is 10.9. The third kappa shape index (κ3) is 4.97. The Morgan fingerprint density at radius 1 is 1.19 bits per heavy atom. The van der Waals surface area contributed by atoms with Crippen LogP contribution in [0, 0.1) is 11.8 Å². The smallest absolute Gasteiger partial charge is 0.369 e. The van der Waals surface area contributed by atoms with Gasteiger partial charge in [-0.25, -0.2) is 4.98 Å². The fourth-order valence-electron chi connectivity index (χ4n) is 5.53. The van der Waals surface area contributed by atoms with Gasteiger partial charge in [-0.3, -0.25) is 4.79 Å². The van der Waals surface area contributed by atoms with Crippen LogP contribution in [-0.4, -0.2) is 50.3 Å². The van der Waals surface area contributed by atoms with Crippen LogP contribution in [0.2, 0.25) is 0 Å². The van der Waals surface area contributed by atoms with Gasteiger partial charge in [0.1, 0.15) is 10.6 Å². The number of alkyl halides is 3. The van der Waals surface area contributed by atoms with E-state index in [4.69, 9.17) is 15.7 Å². The number of piperidine rings is 1. The fourth-order valence-corrected chi connectivity index (χ4v) is 6.65. The zero-order chi connectivity index (χ0) is 26.3. The molecule has 0 bridgehead atoms. The molecule has 1 unspecified atom stereocenters. The van der Waals surface area contributed by atoms with Gasteiger partial charge in [0.15, 0.2) is 5.82 Å². The van der Waals surface area contributed by atoms with Crippen LogP contribution in [0.1, 0.15) is 56.1 Å². The summed E-state index contributed by atoms with van der Waals surface area (Å²) in [6.07, 6.45) is -0.105.